The second kappa shape index (κ2) is 5.87. The molecule has 2 rings (SSSR count). The summed E-state index contributed by atoms with van der Waals surface area (Å²) in [5.74, 6) is 1.16. The molecule has 1 atom stereocenters. The topological polar surface area (TPSA) is 61.3 Å². The van der Waals surface area contributed by atoms with Crippen LogP contribution in [0.15, 0.2) is 22.6 Å². The van der Waals surface area contributed by atoms with Gasteiger partial charge in [0.05, 0.1) is 5.69 Å². The number of para-hydroxylation sites is 1. The SMILES string of the molecule is CCCC(C)COCc1nc2c(N)cccc2o1. The van der Waals surface area contributed by atoms with E-state index in [1.165, 1.54) is 12.8 Å². The van der Waals surface area contributed by atoms with Gasteiger partial charge in [-0.25, -0.2) is 4.98 Å². The van der Waals surface area contributed by atoms with Crippen molar-refractivity contribution in [3.05, 3.63) is 24.1 Å². The Morgan fingerprint density at radius 3 is 3.00 bits per heavy atom. The molecule has 0 radical (unpaired) electrons. The summed E-state index contributed by atoms with van der Waals surface area (Å²) in [5, 5.41) is 0. The Balaban J connectivity index is 1.94. The lowest BCUT2D eigenvalue weighted by molar-refractivity contribution is 0.0756. The van der Waals surface area contributed by atoms with Gasteiger partial charge in [-0.2, -0.15) is 0 Å². The van der Waals surface area contributed by atoms with Crippen LogP contribution in [0.5, 0.6) is 0 Å². The minimum atomic E-state index is 0.405. The molecule has 0 fully saturated rings. The molecule has 1 aromatic carbocycles. The van der Waals surface area contributed by atoms with Crippen LogP contribution in [0.1, 0.15) is 32.6 Å². The van der Waals surface area contributed by atoms with Gasteiger partial charge in [0.15, 0.2) is 5.58 Å². The van der Waals surface area contributed by atoms with Gasteiger partial charge in [-0.1, -0.05) is 26.3 Å². The van der Waals surface area contributed by atoms with Gasteiger partial charge in [0.2, 0.25) is 5.89 Å². The minimum Gasteiger partial charge on any atom is -0.438 e. The van der Waals surface area contributed by atoms with E-state index in [2.05, 4.69) is 18.8 Å². The summed E-state index contributed by atoms with van der Waals surface area (Å²) in [7, 11) is 0. The van der Waals surface area contributed by atoms with Crippen molar-refractivity contribution >= 4 is 16.8 Å². The molecule has 0 amide bonds. The minimum absolute atomic E-state index is 0.405. The van der Waals surface area contributed by atoms with Crippen molar-refractivity contribution in [2.45, 2.75) is 33.3 Å². The standard InChI is InChI=1S/C14H20N2O2/c1-3-5-10(2)8-17-9-13-16-14-11(15)6-4-7-12(14)18-13/h4,6-7,10H,3,5,8-9,15H2,1-2H3. The lowest BCUT2D eigenvalue weighted by Crippen LogP contribution is -2.05. The number of rotatable bonds is 6. The number of hydrogen-bond donors (Lipinski definition) is 1. The molecule has 1 aromatic heterocycles. The van der Waals surface area contributed by atoms with E-state index in [4.69, 9.17) is 14.9 Å². The zero-order valence-corrected chi connectivity index (χ0v) is 11.0. The quantitative estimate of drug-likeness (QED) is 0.796. The predicted octanol–water partition coefficient (Wildman–Crippen LogP) is 3.36. The first-order chi connectivity index (χ1) is 8.70. The highest BCUT2D eigenvalue weighted by Crippen LogP contribution is 2.21. The number of oxazole rings is 1. The Labute approximate surface area is 107 Å². The van der Waals surface area contributed by atoms with E-state index in [0.29, 0.717) is 24.1 Å². The summed E-state index contributed by atoms with van der Waals surface area (Å²) < 4.78 is 11.2. The molecule has 0 spiro atoms. The average molecular weight is 248 g/mol. The number of benzene rings is 1. The molecule has 4 heteroatoms. The number of nitrogens with zero attached hydrogens (tertiary/aromatic N) is 1. The number of nitrogen functional groups attached to an aromatic ring is 1. The first-order valence-electron chi connectivity index (χ1n) is 6.42. The first-order valence-corrected chi connectivity index (χ1v) is 6.42. The molecular weight excluding hydrogens is 228 g/mol. The van der Waals surface area contributed by atoms with Crippen molar-refractivity contribution in [3.63, 3.8) is 0 Å². The Bertz CT molecular complexity index is 507. The Morgan fingerprint density at radius 2 is 2.28 bits per heavy atom. The second-order valence-electron chi connectivity index (χ2n) is 4.71. The largest absolute Gasteiger partial charge is 0.438 e. The summed E-state index contributed by atoms with van der Waals surface area (Å²) in [4.78, 5) is 4.34. The molecule has 4 nitrogen and oxygen atoms in total. The molecule has 1 heterocycles. The smallest absolute Gasteiger partial charge is 0.221 e. The van der Waals surface area contributed by atoms with Crippen LogP contribution < -0.4 is 5.73 Å². The molecule has 1 unspecified atom stereocenters. The van der Waals surface area contributed by atoms with Crippen LogP contribution in [0.2, 0.25) is 0 Å². The van der Waals surface area contributed by atoms with Crippen LogP contribution in [0.25, 0.3) is 11.1 Å². The van der Waals surface area contributed by atoms with Gasteiger partial charge in [-0.3, -0.25) is 0 Å². The maximum Gasteiger partial charge on any atom is 0.221 e. The Kier molecular flexibility index (Phi) is 4.20. The molecule has 18 heavy (non-hydrogen) atoms. The van der Waals surface area contributed by atoms with Gasteiger partial charge < -0.3 is 14.9 Å². The summed E-state index contributed by atoms with van der Waals surface area (Å²) in [6.07, 6.45) is 2.37. The lowest BCUT2D eigenvalue weighted by Gasteiger charge is -2.08. The van der Waals surface area contributed by atoms with Gasteiger partial charge >= 0.3 is 0 Å². The van der Waals surface area contributed by atoms with E-state index >= 15 is 0 Å². The predicted molar refractivity (Wildman–Crippen MR) is 72.1 cm³/mol. The van der Waals surface area contributed by atoms with E-state index in [0.717, 1.165) is 17.7 Å². The van der Waals surface area contributed by atoms with Gasteiger partial charge in [-0.15, -0.1) is 0 Å². The molecular formula is C14H20N2O2. The monoisotopic (exact) mass is 248 g/mol. The summed E-state index contributed by atoms with van der Waals surface area (Å²) in [6.45, 7) is 5.51. The fourth-order valence-electron chi connectivity index (χ4n) is 2.00. The molecule has 98 valence electrons. The van der Waals surface area contributed by atoms with E-state index < -0.39 is 0 Å². The van der Waals surface area contributed by atoms with Crippen molar-refractivity contribution in [2.75, 3.05) is 12.3 Å². The van der Waals surface area contributed by atoms with Crippen LogP contribution in [0.4, 0.5) is 5.69 Å². The molecule has 0 aliphatic heterocycles. The molecule has 2 N–H and O–H groups in total. The van der Waals surface area contributed by atoms with E-state index in [1.54, 1.807) is 0 Å². The molecule has 0 saturated carbocycles. The van der Waals surface area contributed by atoms with Crippen molar-refractivity contribution in [1.29, 1.82) is 0 Å². The number of fused-ring (bicyclic) bond motifs is 1. The average Bonchev–Trinajstić information content (AvgIpc) is 2.74. The van der Waals surface area contributed by atoms with Crippen molar-refractivity contribution in [2.24, 2.45) is 5.92 Å². The summed E-state index contributed by atoms with van der Waals surface area (Å²) in [5.41, 5.74) is 7.90. The number of nitrogens with two attached hydrogens (primary N) is 1. The summed E-state index contributed by atoms with van der Waals surface area (Å²) in [6, 6.07) is 5.54. The maximum absolute atomic E-state index is 5.82. The van der Waals surface area contributed by atoms with Gasteiger partial charge in [0, 0.05) is 6.61 Å². The van der Waals surface area contributed by atoms with Crippen LogP contribution >= 0.6 is 0 Å². The first kappa shape index (κ1) is 12.9. The van der Waals surface area contributed by atoms with Crippen molar-refractivity contribution in [3.8, 4) is 0 Å². The van der Waals surface area contributed by atoms with Crippen LogP contribution in [0.3, 0.4) is 0 Å². The lowest BCUT2D eigenvalue weighted by atomic mass is 10.1. The molecule has 0 aliphatic carbocycles. The third kappa shape index (κ3) is 3.01. The summed E-state index contributed by atoms with van der Waals surface area (Å²) >= 11 is 0. The number of hydrogen-bond acceptors (Lipinski definition) is 4. The zero-order valence-electron chi connectivity index (χ0n) is 11.0. The van der Waals surface area contributed by atoms with Gasteiger partial charge in [-0.05, 0) is 24.5 Å². The van der Waals surface area contributed by atoms with E-state index in [9.17, 15) is 0 Å². The third-order valence-corrected chi connectivity index (χ3v) is 2.90. The van der Waals surface area contributed by atoms with Crippen LogP contribution in [-0.2, 0) is 11.3 Å². The Morgan fingerprint density at radius 1 is 1.44 bits per heavy atom. The maximum atomic E-state index is 5.82. The zero-order chi connectivity index (χ0) is 13.0. The van der Waals surface area contributed by atoms with Crippen LogP contribution in [-0.4, -0.2) is 11.6 Å². The third-order valence-electron chi connectivity index (χ3n) is 2.90. The van der Waals surface area contributed by atoms with Crippen LogP contribution in [0, 0.1) is 5.92 Å². The molecule has 0 bridgehead atoms. The number of aromatic nitrogens is 1. The molecule has 2 aromatic rings. The second-order valence-corrected chi connectivity index (χ2v) is 4.71. The highest BCUT2D eigenvalue weighted by atomic mass is 16.5. The van der Waals surface area contributed by atoms with Crippen molar-refractivity contribution < 1.29 is 9.15 Å². The normalized spacial score (nSPS) is 13.0. The highest BCUT2D eigenvalue weighted by Gasteiger charge is 2.08. The van der Waals surface area contributed by atoms with Crippen molar-refractivity contribution in [1.82, 2.24) is 4.98 Å². The van der Waals surface area contributed by atoms with E-state index in [1.807, 2.05) is 18.2 Å². The van der Waals surface area contributed by atoms with E-state index in [-0.39, 0.29) is 0 Å². The Hall–Kier alpha value is -1.55. The fraction of sp³-hybridized carbons (Fsp3) is 0.500. The highest BCUT2D eigenvalue weighted by molar-refractivity contribution is 5.85. The molecule has 0 saturated heterocycles. The van der Waals surface area contributed by atoms with Gasteiger partial charge in [0.25, 0.3) is 0 Å². The molecule has 0 aliphatic rings. The number of anilines is 1. The number of ether oxygens (including phenoxy) is 1. The fourth-order valence-corrected chi connectivity index (χ4v) is 2.00. The van der Waals surface area contributed by atoms with Gasteiger partial charge in [0.1, 0.15) is 12.1 Å².